The number of likely N-dealkylation sites (N-methyl/N-ethyl adjacent to an activating group) is 1. The lowest BCUT2D eigenvalue weighted by atomic mass is 10.3. The number of nitrogens with zero attached hydrogens (tertiary/aromatic N) is 3. The van der Waals surface area contributed by atoms with Crippen LogP contribution in [0.4, 0.5) is 0 Å². The zero-order valence-corrected chi connectivity index (χ0v) is 13.4. The molecule has 2 heterocycles. The van der Waals surface area contributed by atoms with Gasteiger partial charge in [0.2, 0.25) is 0 Å². The molecule has 21 heavy (non-hydrogen) atoms. The molecule has 1 aromatic heterocycles. The minimum Gasteiger partial charge on any atom is -0.296 e. The summed E-state index contributed by atoms with van der Waals surface area (Å²) in [6, 6.07) is 7.37. The average Bonchev–Trinajstić information content (AvgIpc) is 3.02. The summed E-state index contributed by atoms with van der Waals surface area (Å²) in [5.74, 6) is -0.0794. The number of carbonyl (C=O) groups excluding carboxylic acids is 1. The normalized spacial score (nSPS) is 17.0. The largest absolute Gasteiger partial charge is 0.296 e. The van der Waals surface area contributed by atoms with Crippen molar-refractivity contribution in [2.75, 3.05) is 7.05 Å². The molecule has 1 saturated heterocycles. The fourth-order valence-electron chi connectivity index (χ4n) is 1.84. The van der Waals surface area contributed by atoms with Gasteiger partial charge < -0.3 is 0 Å². The van der Waals surface area contributed by atoms with E-state index in [1.807, 2.05) is 18.3 Å². The van der Waals surface area contributed by atoms with Gasteiger partial charge in [0.1, 0.15) is 4.32 Å². The quantitative estimate of drug-likeness (QED) is 0.623. The van der Waals surface area contributed by atoms with Crippen molar-refractivity contribution in [1.82, 2.24) is 14.7 Å². The molecule has 0 aliphatic carbocycles. The lowest BCUT2D eigenvalue weighted by molar-refractivity contribution is -0.121. The number of hydrogen-bond donors (Lipinski definition) is 0. The first-order valence-electron chi connectivity index (χ1n) is 6.07. The van der Waals surface area contributed by atoms with Gasteiger partial charge in [-0.05, 0) is 30.3 Å². The summed E-state index contributed by atoms with van der Waals surface area (Å²) in [6.07, 6.45) is 5.35. The molecule has 106 valence electrons. The van der Waals surface area contributed by atoms with E-state index >= 15 is 0 Å². The molecule has 4 nitrogen and oxygen atoms in total. The molecule has 0 saturated carbocycles. The Hall–Kier alpha value is -1.63. The molecule has 0 spiro atoms. The van der Waals surface area contributed by atoms with Gasteiger partial charge in [-0.15, -0.1) is 0 Å². The summed E-state index contributed by atoms with van der Waals surface area (Å²) in [6.45, 7) is 0. The molecule has 0 atom stereocenters. The van der Waals surface area contributed by atoms with Crippen molar-refractivity contribution in [3.8, 4) is 5.69 Å². The van der Waals surface area contributed by atoms with Gasteiger partial charge in [0.15, 0.2) is 0 Å². The van der Waals surface area contributed by atoms with Crippen molar-refractivity contribution >= 4 is 51.9 Å². The predicted octanol–water partition coefficient (Wildman–Crippen LogP) is 3.36. The van der Waals surface area contributed by atoms with Crippen LogP contribution < -0.4 is 0 Å². The van der Waals surface area contributed by atoms with Gasteiger partial charge in [-0.25, -0.2) is 4.68 Å². The molecule has 1 fully saturated rings. The number of thiocarbonyl (C=S) groups is 1. The van der Waals surface area contributed by atoms with Gasteiger partial charge in [0, 0.05) is 23.8 Å². The highest BCUT2D eigenvalue weighted by Crippen LogP contribution is 2.31. The number of rotatable bonds is 2. The average molecular weight is 336 g/mol. The standard InChI is InChI=1S/C14H10ClN3OS2/c1-17-13(19)12(21-14(17)20)6-9-7-16-18(8-9)11-4-2-10(15)3-5-11/h2-8H,1H3. The molecule has 1 aliphatic heterocycles. The summed E-state index contributed by atoms with van der Waals surface area (Å²) in [5.41, 5.74) is 1.75. The van der Waals surface area contributed by atoms with Crippen molar-refractivity contribution in [3.05, 3.63) is 52.2 Å². The maximum absolute atomic E-state index is 11.9. The van der Waals surface area contributed by atoms with E-state index in [1.165, 1.54) is 16.7 Å². The zero-order chi connectivity index (χ0) is 15.0. The van der Waals surface area contributed by atoms with E-state index in [0.717, 1.165) is 11.3 Å². The molecule has 1 aromatic carbocycles. The Labute approximate surface area is 136 Å². The predicted molar refractivity (Wildman–Crippen MR) is 89.5 cm³/mol. The van der Waals surface area contributed by atoms with Crippen LogP contribution in [0.15, 0.2) is 41.6 Å². The summed E-state index contributed by atoms with van der Waals surface area (Å²) < 4.78 is 2.30. The van der Waals surface area contributed by atoms with Crippen LogP contribution in [0.1, 0.15) is 5.56 Å². The minimum absolute atomic E-state index is 0.0794. The Balaban J connectivity index is 1.87. The van der Waals surface area contributed by atoms with Crippen LogP contribution in [0.2, 0.25) is 5.02 Å². The van der Waals surface area contributed by atoms with Crippen LogP contribution in [0.5, 0.6) is 0 Å². The van der Waals surface area contributed by atoms with Crippen LogP contribution in [-0.4, -0.2) is 32.0 Å². The first-order chi connectivity index (χ1) is 10.0. The zero-order valence-electron chi connectivity index (χ0n) is 11.0. The van der Waals surface area contributed by atoms with Crippen molar-refractivity contribution < 1.29 is 4.79 Å². The topological polar surface area (TPSA) is 38.1 Å². The summed E-state index contributed by atoms with van der Waals surface area (Å²) in [5, 5.41) is 4.96. The van der Waals surface area contributed by atoms with E-state index in [2.05, 4.69) is 5.10 Å². The maximum Gasteiger partial charge on any atom is 0.265 e. The SMILES string of the molecule is CN1C(=O)C(=Cc2cnn(-c3ccc(Cl)cc3)c2)SC1=S. The number of carbonyl (C=O) groups is 1. The Morgan fingerprint density at radius 2 is 2.05 bits per heavy atom. The monoisotopic (exact) mass is 335 g/mol. The molecule has 1 amide bonds. The van der Waals surface area contributed by atoms with E-state index in [1.54, 1.807) is 36.1 Å². The number of benzene rings is 1. The molecule has 0 bridgehead atoms. The summed E-state index contributed by atoms with van der Waals surface area (Å²) in [4.78, 5) is 14.0. The Morgan fingerprint density at radius 3 is 2.67 bits per heavy atom. The molecule has 1 aliphatic rings. The van der Waals surface area contributed by atoms with Gasteiger partial charge in [-0.3, -0.25) is 9.69 Å². The van der Waals surface area contributed by atoms with Crippen molar-refractivity contribution in [2.45, 2.75) is 0 Å². The van der Waals surface area contributed by atoms with Gasteiger partial charge in [-0.2, -0.15) is 5.10 Å². The third-order valence-electron chi connectivity index (χ3n) is 2.98. The lowest BCUT2D eigenvalue weighted by Crippen LogP contribution is -2.22. The van der Waals surface area contributed by atoms with Gasteiger partial charge >= 0.3 is 0 Å². The van der Waals surface area contributed by atoms with E-state index in [0.29, 0.717) is 14.2 Å². The maximum atomic E-state index is 11.9. The van der Waals surface area contributed by atoms with Crippen LogP contribution in [0.25, 0.3) is 11.8 Å². The van der Waals surface area contributed by atoms with E-state index < -0.39 is 0 Å². The third-order valence-corrected chi connectivity index (χ3v) is 4.71. The van der Waals surface area contributed by atoms with Crippen molar-refractivity contribution in [1.29, 1.82) is 0 Å². The molecule has 7 heteroatoms. The number of hydrogen-bond acceptors (Lipinski definition) is 4. The first kappa shape index (κ1) is 14.3. The minimum atomic E-state index is -0.0794. The molecular formula is C14H10ClN3OS2. The molecule has 0 unspecified atom stereocenters. The van der Waals surface area contributed by atoms with Crippen molar-refractivity contribution in [3.63, 3.8) is 0 Å². The Morgan fingerprint density at radius 1 is 1.33 bits per heavy atom. The van der Waals surface area contributed by atoms with Gasteiger partial charge in [0.05, 0.1) is 16.8 Å². The molecule has 2 aromatic rings. The molecule has 0 radical (unpaired) electrons. The first-order valence-corrected chi connectivity index (χ1v) is 7.67. The van der Waals surface area contributed by atoms with Gasteiger partial charge in [0.25, 0.3) is 5.91 Å². The number of aromatic nitrogens is 2. The van der Waals surface area contributed by atoms with Crippen LogP contribution in [0, 0.1) is 0 Å². The molecule has 3 rings (SSSR count). The van der Waals surface area contributed by atoms with E-state index in [4.69, 9.17) is 23.8 Å². The second kappa shape index (κ2) is 5.63. The van der Waals surface area contributed by atoms with E-state index in [9.17, 15) is 4.79 Å². The summed E-state index contributed by atoms with van der Waals surface area (Å²) >= 11 is 12.3. The van der Waals surface area contributed by atoms with Crippen LogP contribution >= 0.6 is 35.6 Å². The fraction of sp³-hybridized carbons (Fsp3) is 0.0714. The molecular weight excluding hydrogens is 326 g/mol. The smallest absolute Gasteiger partial charge is 0.265 e. The lowest BCUT2D eigenvalue weighted by Gasteiger charge is -2.03. The highest BCUT2D eigenvalue weighted by molar-refractivity contribution is 8.26. The van der Waals surface area contributed by atoms with Crippen molar-refractivity contribution in [2.24, 2.45) is 0 Å². The summed E-state index contributed by atoms with van der Waals surface area (Å²) in [7, 11) is 1.68. The fourth-order valence-corrected chi connectivity index (χ4v) is 3.15. The van der Waals surface area contributed by atoms with Crippen LogP contribution in [-0.2, 0) is 4.79 Å². The number of amides is 1. The van der Waals surface area contributed by atoms with Crippen LogP contribution in [0.3, 0.4) is 0 Å². The third kappa shape index (κ3) is 2.88. The second-order valence-electron chi connectivity index (χ2n) is 4.44. The van der Waals surface area contributed by atoms with E-state index in [-0.39, 0.29) is 5.91 Å². The Bertz CT molecular complexity index is 752. The Kier molecular flexibility index (Phi) is 3.84. The molecule has 0 N–H and O–H groups in total. The number of thioether (sulfide) groups is 1. The highest BCUT2D eigenvalue weighted by atomic mass is 35.5. The highest BCUT2D eigenvalue weighted by Gasteiger charge is 2.28. The number of halogens is 1. The van der Waals surface area contributed by atoms with Gasteiger partial charge in [-0.1, -0.05) is 35.6 Å². The second-order valence-corrected chi connectivity index (χ2v) is 6.55.